The molecule has 2 aliphatic rings. The monoisotopic (exact) mass is 326 g/mol. The zero-order valence-corrected chi connectivity index (χ0v) is 13.5. The summed E-state index contributed by atoms with van der Waals surface area (Å²) in [4.78, 5) is 17.1. The van der Waals surface area contributed by atoms with Gasteiger partial charge in [0.05, 0.1) is 6.10 Å². The second-order valence-corrected chi connectivity index (χ2v) is 6.87. The van der Waals surface area contributed by atoms with Crippen molar-refractivity contribution < 1.29 is 9.90 Å². The molecule has 0 bridgehead atoms. The highest BCUT2D eigenvalue weighted by molar-refractivity contribution is 5.94. The SMILES string of the molecule is O=C(NC(Cc1ccccn1)C1CC(O)C1)c1n[nH]c2c1CCC2. The Balaban J connectivity index is 1.49. The Labute approximate surface area is 140 Å². The van der Waals surface area contributed by atoms with E-state index in [0.29, 0.717) is 12.1 Å². The van der Waals surface area contributed by atoms with Gasteiger partial charge in [0.15, 0.2) is 5.69 Å². The molecule has 1 atom stereocenters. The molecule has 6 heteroatoms. The van der Waals surface area contributed by atoms with Gasteiger partial charge in [-0.1, -0.05) is 6.07 Å². The number of aromatic amines is 1. The number of hydrogen-bond acceptors (Lipinski definition) is 4. The Hall–Kier alpha value is -2.21. The molecule has 0 aliphatic heterocycles. The van der Waals surface area contributed by atoms with Crippen LogP contribution in [0.15, 0.2) is 24.4 Å². The molecule has 0 radical (unpaired) electrons. The Morgan fingerprint density at radius 1 is 1.38 bits per heavy atom. The molecule has 1 amide bonds. The number of carbonyl (C=O) groups is 1. The Morgan fingerprint density at radius 3 is 3.00 bits per heavy atom. The van der Waals surface area contributed by atoms with Crippen molar-refractivity contribution >= 4 is 5.91 Å². The van der Waals surface area contributed by atoms with Gasteiger partial charge in [0.25, 0.3) is 5.91 Å². The topological polar surface area (TPSA) is 90.9 Å². The molecule has 0 saturated heterocycles. The van der Waals surface area contributed by atoms with E-state index >= 15 is 0 Å². The van der Waals surface area contributed by atoms with Crippen LogP contribution in [0.2, 0.25) is 0 Å². The number of pyridine rings is 1. The van der Waals surface area contributed by atoms with Crippen molar-refractivity contribution in [2.45, 2.75) is 50.7 Å². The van der Waals surface area contributed by atoms with Crippen LogP contribution < -0.4 is 5.32 Å². The molecule has 3 N–H and O–H groups in total. The zero-order valence-electron chi connectivity index (χ0n) is 13.5. The molecular weight excluding hydrogens is 304 g/mol. The van der Waals surface area contributed by atoms with Crippen molar-refractivity contribution in [3.05, 3.63) is 47.0 Å². The zero-order chi connectivity index (χ0) is 16.5. The number of amides is 1. The van der Waals surface area contributed by atoms with E-state index in [0.717, 1.165) is 49.1 Å². The van der Waals surface area contributed by atoms with E-state index in [1.165, 1.54) is 0 Å². The average molecular weight is 326 g/mol. The summed E-state index contributed by atoms with van der Waals surface area (Å²) in [6.45, 7) is 0. The fourth-order valence-corrected chi connectivity index (χ4v) is 3.78. The van der Waals surface area contributed by atoms with Gasteiger partial charge in [-0.15, -0.1) is 0 Å². The first-order valence-corrected chi connectivity index (χ1v) is 8.65. The minimum Gasteiger partial charge on any atom is -0.393 e. The van der Waals surface area contributed by atoms with Crippen LogP contribution in [0.5, 0.6) is 0 Å². The number of nitrogens with zero attached hydrogens (tertiary/aromatic N) is 2. The van der Waals surface area contributed by atoms with Gasteiger partial charge < -0.3 is 10.4 Å². The Kier molecular flexibility index (Phi) is 4.06. The fourth-order valence-electron chi connectivity index (χ4n) is 3.78. The number of fused-ring (bicyclic) bond motifs is 1. The normalized spacial score (nSPS) is 23.4. The number of aryl methyl sites for hydroxylation is 1. The number of carbonyl (C=O) groups excluding carboxylic acids is 1. The molecule has 2 aromatic heterocycles. The van der Waals surface area contributed by atoms with Crippen molar-refractivity contribution in [2.75, 3.05) is 0 Å². The lowest BCUT2D eigenvalue weighted by molar-refractivity contribution is 0.0237. The molecular formula is C18H22N4O2. The van der Waals surface area contributed by atoms with Crippen LogP contribution in [-0.2, 0) is 19.3 Å². The minimum atomic E-state index is -0.243. The quantitative estimate of drug-likeness (QED) is 0.775. The number of hydrogen-bond donors (Lipinski definition) is 3. The highest BCUT2D eigenvalue weighted by Crippen LogP contribution is 2.32. The average Bonchev–Trinajstić information content (AvgIpc) is 3.15. The van der Waals surface area contributed by atoms with E-state index in [1.54, 1.807) is 6.20 Å². The number of H-pyrrole nitrogens is 1. The molecule has 0 spiro atoms. The van der Waals surface area contributed by atoms with Gasteiger partial charge in [-0.25, -0.2) is 0 Å². The first-order valence-electron chi connectivity index (χ1n) is 8.65. The van der Waals surface area contributed by atoms with Gasteiger partial charge in [0.2, 0.25) is 0 Å². The number of aliphatic hydroxyl groups is 1. The van der Waals surface area contributed by atoms with Crippen LogP contribution in [0.1, 0.15) is 46.7 Å². The molecule has 6 nitrogen and oxygen atoms in total. The van der Waals surface area contributed by atoms with Crippen molar-refractivity contribution in [3.8, 4) is 0 Å². The maximum Gasteiger partial charge on any atom is 0.272 e. The van der Waals surface area contributed by atoms with Crippen LogP contribution in [0, 0.1) is 5.92 Å². The molecule has 2 aliphatic carbocycles. The lowest BCUT2D eigenvalue weighted by Crippen LogP contribution is -2.48. The molecule has 1 fully saturated rings. The third-order valence-corrected chi connectivity index (χ3v) is 5.21. The molecule has 1 saturated carbocycles. The molecule has 126 valence electrons. The minimum absolute atomic E-state index is 0.0236. The highest BCUT2D eigenvalue weighted by Gasteiger charge is 2.36. The van der Waals surface area contributed by atoms with Gasteiger partial charge in [0.1, 0.15) is 0 Å². The number of aromatic nitrogens is 3. The first-order chi connectivity index (χ1) is 11.7. The molecule has 0 aromatic carbocycles. The van der Waals surface area contributed by atoms with Gasteiger partial charge in [-0.2, -0.15) is 5.10 Å². The van der Waals surface area contributed by atoms with Crippen LogP contribution >= 0.6 is 0 Å². The van der Waals surface area contributed by atoms with Crippen molar-refractivity contribution in [3.63, 3.8) is 0 Å². The maximum absolute atomic E-state index is 12.7. The predicted molar refractivity (Wildman–Crippen MR) is 88.5 cm³/mol. The fraction of sp³-hybridized carbons (Fsp3) is 0.500. The van der Waals surface area contributed by atoms with Crippen molar-refractivity contribution in [1.82, 2.24) is 20.5 Å². The third kappa shape index (κ3) is 2.94. The highest BCUT2D eigenvalue weighted by atomic mass is 16.3. The van der Waals surface area contributed by atoms with E-state index in [4.69, 9.17) is 0 Å². The van der Waals surface area contributed by atoms with E-state index in [-0.39, 0.29) is 24.0 Å². The standard InChI is InChI=1S/C18H22N4O2/c23-13-8-11(9-13)16(10-12-4-1-2-7-19-12)20-18(24)17-14-5-3-6-15(14)21-22-17/h1-2,4,7,11,13,16,23H,3,5-6,8-10H2,(H,20,24)(H,21,22). The van der Waals surface area contributed by atoms with Gasteiger partial charge in [-0.05, 0) is 50.2 Å². The first kappa shape index (κ1) is 15.3. The summed E-state index contributed by atoms with van der Waals surface area (Å²) in [5.41, 5.74) is 3.66. The number of rotatable bonds is 5. The van der Waals surface area contributed by atoms with E-state index in [2.05, 4.69) is 20.5 Å². The van der Waals surface area contributed by atoms with Crippen LogP contribution in [0.3, 0.4) is 0 Å². The second-order valence-electron chi connectivity index (χ2n) is 6.87. The molecule has 2 aromatic rings. The van der Waals surface area contributed by atoms with E-state index < -0.39 is 0 Å². The summed E-state index contributed by atoms with van der Waals surface area (Å²) >= 11 is 0. The summed E-state index contributed by atoms with van der Waals surface area (Å²) in [7, 11) is 0. The smallest absolute Gasteiger partial charge is 0.272 e. The summed E-state index contributed by atoms with van der Waals surface area (Å²) < 4.78 is 0. The third-order valence-electron chi connectivity index (χ3n) is 5.21. The Bertz CT molecular complexity index is 722. The van der Waals surface area contributed by atoms with E-state index in [1.807, 2.05) is 18.2 Å². The number of nitrogens with one attached hydrogen (secondary N) is 2. The number of aliphatic hydroxyl groups excluding tert-OH is 1. The van der Waals surface area contributed by atoms with Crippen molar-refractivity contribution in [1.29, 1.82) is 0 Å². The summed E-state index contributed by atoms with van der Waals surface area (Å²) in [6, 6.07) is 5.79. The largest absolute Gasteiger partial charge is 0.393 e. The summed E-state index contributed by atoms with van der Waals surface area (Å²) in [5, 5.41) is 20.0. The maximum atomic E-state index is 12.7. The molecule has 1 unspecified atom stereocenters. The predicted octanol–water partition coefficient (Wildman–Crippen LogP) is 1.41. The second kappa shape index (κ2) is 6.36. The summed E-state index contributed by atoms with van der Waals surface area (Å²) in [5.74, 6) is 0.176. The van der Waals surface area contributed by atoms with Gasteiger partial charge >= 0.3 is 0 Å². The van der Waals surface area contributed by atoms with Gasteiger partial charge in [0, 0.05) is 35.6 Å². The molecule has 24 heavy (non-hydrogen) atoms. The van der Waals surface area contributed by atoms with Crippen LogP contribution in [0.25, 0.3) is 0 Å². The summed E-state index contributed by atoms with van der Waals surface area (Å²) in [6.07, 6.45) is 6.64. The molecule has 4 rings (SSSR count). The van der Waals surface area contributed by atoms with Crippen LogP contribution in [0.4, 0.5) is 0 Å². The molecule has 2 heterocycles. The van der Waals surface area contributed by atoms with E-state index in [9.17, 15) is 9.90 Å². The van der Waals surface area contributed by atoms with Gasteiger partial charge in [-0.3, -0.25) is 14.9 Å². The van der Waals surface area contributed by atoms with Crippen LogP contribution in [-0.4, -0.2) is 38.3 Å². The van der Waals surface area contributed by atoms with Crippen molar-refractivity contribution in [2.24, 2.45) is 5.92 Å². The Morgan fingerprint density at radius 2 is 2.25 bits per heavy atom. The lowest BCUT2D eigenvalue weighted by atomic mass is 9.76. The lowest BCUT2D eigenvalue weighted by Gasteiger charge is -2.38.